The molecule has 2 aliphatic rings. The molecule has 8 aromatic carbocycles. The molecule has 444 valence electrons. The number of benzene rings is 8. The van der Waals surface area contributed by atoms with Gasteiger partial charge in [0.25, 0.3) is 0 Å². The third-order valence-electron chi connectivity index (χ3n) is 13.6. The molecular weight excluding hydrogens is 1420 g/mol. The van der Waals surface area contributed by atoms with Gasteiger partial charge in [0.05, 0.1) is 0 Å². The van der Waals surface area contributed by atoms with Crippen LogP contribution in [-0.4, -0.2) is 32.6 Å². The van der Waals surface area contributed by atoms with E-state index in [1.54, 1.807) is 37.5 Å². The van der Waals surface area contributed by atoms with Crippen molar-refractivity contribution in [2.45, 2.75) is 79.1 Å². The third kappa shape index (κ3) is 16.9. The van der Waals surface area contributed by atoms with Gasteiger partial charge in [0.15, 0.2) is 0 Å². The van der Waals surface area contributed by atoms with Crippen LogP contribution in [0.5, 0.6) is 0 Å². The summed E-state index contributed by atoms with van der Waals surface area (Å²) in [5, 5.41) is 8.42. The van der Waals surface area contributed by atoms with Crippen molar-refractivity contribution in [1.29, 1.82) is 0 Å². The van der Waals surface area contributed by atoms with Gasteiger partial charge in [0.2, 0.25) is 0 Å². The second kappa shape index (κ2) is 32.6. The standard InChI is InChI=1S/2C23H24N4.2C13H11N2.2Pt/c2*1-16(2)19-11-8-12-20(17(3)4)21(19)27-15-26(18-9-6-5-7-10-18)22-23(27)25-14-13-24-22;2*1-3-7-12(8-4-1)14-11-15-13-9-5-2-6-10-13;;/h2*5-9,11-17H,1-4H3;2*1-11H;;/q2*-2;2*-1;;. The molecule has 0 amide bonds. The first kappa shape index (κ1) is 65.0. The molecule has 10 aromatic rings. The number of nitrogens with zero attached hydrogens (tertiary/aromatic N) is 12. The largest absolute Gasteiger partial charge is 0.477 e. The molecular formula is C72H70N12Pt2-6. The Morgan fingerprint density at radius 3 is 0.942 bits per heavy atom. The van der Waals surface area contributed by atoms with E-state index in [0.717, 1.165) is 57.4 Å². The van der Waals surface area contributed by atoms with Gasteiger partial charge in [-0.3, -0.25) is 0 Å². The summed E-state index contributed by atoms with van der Waals surface area (Å²) >= 11 is 0. The molecule has 86 heavy (non-hydrogen) atoms. The molecule has 0 radical (unpaired) electrons. The van der Waals surface area contributed by atoms with Crippen LogP contribution < -0.4 is 19.6 Å². The molecule has 2 aromatic heterocycles. The van der Waals surface area contributed by atoms with Crippen molar-refractivity contribution in [3.63, 3.8) is 0 Å². The first-order valence-corrected chi connectivity index (χ1v) is 28.4. The van der Waals surface area contributed by atoms with Crippen LogP contribution in [0.1, 0.15) is 101 Å². The second-order valence-corrected chi connectivity index (χ2v) is 20.9. The Labute approximate surface area is 537 Å². The van der Waals surface area contributed by atoms with Gasteiger partial charge in [0, 0.05) is 78.3 Å². The Morgan fingerprint density at radius 2 is 0.651 bits per heavy atom. The topological polar surface area (TPSA) is 117 Å². The molecule has 0 saturated heterocycles. The Hall–Kier alpha value is -8.56. The van der Waals surface area contributed by atoms with Gasteiger partial charge >= 0.3 is 0 Å². The normalized spacial score (nSPS) is 12.1. The summed E-state index contributed by atoms with van der Waals surface area (Å²) in [5.41, 5.74) is 13.2. The zero-order valence-corrected chi connectivity index (χ0v) is 54.1. The van der Waals surface area contributed by atoms with E-state index in [1.165, 1.54) is 33.6 Å². The van der Waals surface area contributed by atoms with E-state index in [2.05, 4.69) is 177 Å². The van der Waals surface area contributed by atoms with Crippen LogP contribution in [0.25, 0.3) is 10.6 Å². The van der Waals surface area contributed by atoms with Crippen LogP contribution in [0.3, 0.4) is 0 Å². The van der Waals surface area contributed by atoms with E-state index in [4.69, 9.17) is 0 Å². The Morgan fingerprint density at radius 1 is 0.360 bits per heavy atom. The maximum Gasteiger partial charge on any atom is 0.145 e. The van der Waals surface area contributed by atoms with Crippen LogP contribution >= 0.6 is 0 Å². The van der Waals surface area contributed by atoms with Crippen LogP contribution in [0.2, 0.25) is 0 Å². The quantitative estimate of drug-likeness (QED) is 0.0600. The summed E-state index contributed by atoms with van der Waals surface area (Å²) in [6.45, 7) is 22.1. The van der Waals surface area contributed by atoms with Crippen molar-refractivity contribution in [2.24, 2.45) is 9.98 Å². The number of hydrogen-bond acceptors (Lipinski definition) is 10. The number of para-hydroxylation sites is 8. The van der Waals surface area contributed by atoms with Crippen LogP contribution in [0, 0.1) is 25.5 Å². The maximum atomic E-state index is 4.67. The first-order chi connectivity index (χ1) is 41.0. The van der Waals surface area contributed by atoms with Crippen molar-refractivity contribution < 1.29 is 42.1 Å². The molecule has 14 heteroatoms. The molecule has 0 unspecified atom stereocenters. The predicted octanol–water partition coefficient (Wildman–Crippen LogP) is 20.0. The van der Waals surface area contributed by atoms with E-state index in [1.807, 2.05) is 170 Å². The molecule has 12 rings (SSSR count). The number of aromatic nitrogens is 4. The van der Waals surface area contributed by atoms with Crippen molar-refractivity contribution in [3.05, 3.63) is 289 Å². The minimum atomic E-state index is 0. The van der Waals surface area contributed by atoms with E-state index in [0.29, 0.717) is 23.7 Å². The van der Waals surface area contributed by atoms with E-state index in [-0.39, 0.29) is 42.1 Å². The van der Waals surface area contributed by atoms with Gasteiger partial charge in [-0.05, 0) is 68.7 Å². The summed E-state index contributed by atoms with van der Waals surface area (Å²) in [5.74, 6) is 4.99. The van der Waals surface area contributed by atoms with E-state index >= 15 is 0 Å². The molecule has 0 spiro atoms. The van der Waals surface area contributed by atoms with Crippen molar-refractivity contribution in [1.82, 2.24) is 19.9 Å². The third-order valence-corrected chi connectivity index (χ3v) is 13.6. The summed E-state index contributed by atoms with van der Waals surface area (Å²) in [7, 11) is 0. The minimum absolute atomic E-state index is 0. The Balaban J connectivity index is 0.000000169. The molecule has 0 atom stereocenters. The maximum absolute atomic E-state index is 4.67. The zero-order chi connectivity index (χ0) is 58.6. The molecule has 0 aliphatic carbocycles. The van der Waals surface area contributed by atoms with Crippen LogP contribution in [-0.2, 0) is 42.1 Å². The molecule has 0 bridgehead atoms. The van der Waals surface area contributed by atoms with Gasteiger partial charge in [0.1, 0.15) is 23.3 Å². The fourth-order valence-corrected chi connectivity index (χ4v) is 9.48. The van der Waals surface area contributed by atoms with Gasteiger partial charge in [-0.15, -0.1) is 24.7 Å². The van der Waals surface area contributed by atoms with E-state index in [9.17, 15) is 0 Å². The van der Waals surface area contributed by atoms with Gasteiger partial charge < -0.3 is 40.2 Å². The summed E-state index contributed by atoms with van der Waals surface area (Å²) < 4.78 is 0. The average Bonchev–Trinajstić information content (AvgIpc) is 3.03. The first-order valence-electron chi connectivity index (χ1n) is 28.4. The Kier molecular flexibility index (Phi) is 24.7. The summed E-state index contributed by atoms with van der Waals surface area (Å²) in [6.07, 6.45) is 10.1. The average molecular weight is 1490 g/mol. The summed E-state index contributed by atoms with van der Waals surface area (Å²) in [4.78, 5) is 35.5. The second-order valence-electron chi connectivity index (χ2n) is 20.9. The van der Waals surface area contributed by atoms with Crippen molar-refractivity contribution in [2.75, 3.05) is 19.6 Å². The molecule has 0 fully saturated rings. The fourth-order valence-electron chi connectivity index (χ4n) is 9.48. The van der Waals surface area contributed by atoms with E-state index < -0.39 is 0 Å². The summed E-state index contributed by atoms with van der Waals surface area (Å²) in [6, 6.07) is 74.7. The molecule has 0 saturated carbocycles. The van der Waals surface area contributed by atoms with Gasteiger partial charge in [-0.2, -0.15) is 60.7 Å². The van der Waals surface area contributed by atoms with Crippen LogP contribution in [0.15, 0.2) is 241 Å². The smallest absolute Gasteiger partial charge is 0.145 e. The van der Waals surface area contributed by atoms with Crippen molar-refractivity contribution >= 4 is 81.4 Å². The molecule has 0 N–H and O–H groups in total. The number of hydrogen-bond donors (Lipinski definition) is 0. The van der Waals surface area contributed by atoms with Crippen LogP contribution in [0.4, 0.5) is 68.8 Å². The number of fused-ring (bicyclic) bond motifs is 2. The number of rotatable bonds is 14. The minimum Gasteiger partial charge on any atom is -0.477 e. The zero-order valence-electron chi connectivity index (χ0n) is 49.6. The van der Waals surface area contributed by atoms with Gasteiger partial charge in [-0.25, -0.2) is 19.9 Å². The SMILES string of the molecule is C(=Nc1ccccc1)[N-]c1ccccc1.C(=Nc1ccccc1)[N-]c1ccccc1.CC(C)c1cccc(C(C)C)c1N1[CH-]N(c2[c-]cccc2)c2nccnc21.CC(C)c1cccc(C(C)C)c1N1[CH-]N(c2[c-]cccc2)c2nccnc21.[Pt].[Pt]. The molecule has 4 heterocycles. The fraction of sp³-hybridized carbons (Fsp3) is 0.167. The monoisotopic (exact) mass is 1490 g/mol. The Bertz CT molecular complexity index is 3370. The molecule has 2 aliphatic heterocycles. The molecule has 12 nitrogen and oxygen atoms in total. The number of anilines is 8. The van der Waals surface area contributed by atoms with Crippen molar-refractivity contribution in [3.8, 4) is 0 Å². The predicted molar refractivity (Wildman–Crippen MR) is 349 cm³/mol. The number of aliphatic imine (C=N–C) groups is 2. The van der Waals surface area contributed by atoms with Gasteiger partial charge in [-0.1, -0.05) is 226 Å².